The normalized spacial score (nSPS) is 10.6. The molecule has 3 nitrogen and oxygen atoms in total. The maximum atomic E-state index is 6.13. The molecule has 0 aliphatic rings. The van der Waals surface area contributed by atoms with Crippen LogP contribution in [0.15, 0.2) is 18.2 Å². The van der Waals surface area contributed by atoms with E-state index >= 15 is 0 Å². The highest BCUT2D eigenvalue weighted by Gasteiger charge is 2.09. The van der Waals surface area contributed by atoms with Gasteiger partial charge in [0.1, 0.15) is 16.8 Å². The summed E-state index contributed by atoms with van der Waals surface area (Å²) >= 11 is 6.13. The molecule has 0 saturated heterocycles. The van der Waals surface area contributed by atoms with Crippen molar-refractivity contribution in [2.45, 2.75) is 34.1 Å². The Morgan fingerprint density at radius 3 is 2.47 bits per heavy atom. The second-order valence-electron chi connectivity index (χ2n) is 4.68. The lowest BCUT2D eigenvalue weighted by molar-refractivity contribution is 0.934. The van der Waals surface area contributed by atoms with Crippen molar-refractivity contribution in [3.63, 3.8) is 0 Å². The van der Waals surface area contributed by atoms with E-state index in [0.29, 0.717) is 5.15 Å². The van der Waals surface area contributed by atoms with E-state index in [-0.39, 0.29) is 0 Å². The quantitative estimate of drug-likeness (QED) is 0.846. The van der Waals surface area contributed by atoms with Crippen molar-refractivity contribution in [1.82, 2.24) is 9.97 Å². The number of rotatable bonds is 3. The zero-order valence-electron chi connectivity index (χ0n) is 11.7. The number of aryl methyl sites for hydroxylation is 3. The van der Waals surface area contributed by atoms with Crippen LogP contribution in [-0.2, 0) is 6.42 Å². The average molecular weight is 276 g/mol. The molecule has 0 saturated carbocycles. The molecule has 1 aromatic heterocycles. The van der Waals surface area contributed by atoms with Crippen LogP contribution in [0.1, 0.15) is 29.4 Å². The average Bonchev–Trinajstić information content (AvgIpc) is 2.39. The van der Waals surface area contributed by atoms with Crippen molar-refractivity contribution < 1.29 is 0 Å². The Bertz CT molecular complexity index is 609. The summed E-state index contributed by atoms with van der Waals surface area (Å²) in [6.45, 7) is 8.13. The summed E-state index contributed by atoms with van der Waals surface area (Å²) in [5.74, 6) is 1.53. The van der Waals surface area contributed by atoms with Gasteiger partial charge in [-0.3, -0.25) is 0 Å². The molecule has 0 amide bonds. The van der Waals surface area contributed by atoms with Gasteiger partial charge in [-0.1, -0.05) is 24.6 Å². The monoisotopic (exact) mass is 275 g/mol. The van der Waals surface area contributed by atoms with Gasteiger partial charge in [0, 0.05) is 17.7 Å². The third-order valence-electron chi connectivity index (χ3n) is 3.22. The summed E-state index contributed by atoms with van der Waals surface area (Å²) in [4.78, 5) is 8.73. The number of nitrogens with one attached hydrogen (secondary N) is 1. The number of halogens is 1. The third kappa shape index (κ3) is 3.04. The highest BCUT2D eigenvalue weighted by Crippen LogP contribution is 2.24. The van der Waals surface area contributed by atoms with E-state index in [4.69, 9.17) is 11.6 Å². The van der Waals surface area contributed by atoms with Gasteiger partial charge in [0.2, 0.25) is 0 Å². The van der Waals surface area contributed by atoms with E-state index in [9.17, 15) is 0 Å². The van der Waals surface area contributed by atoms with Crippen LogP contribution in [0.2, 0.25) is 5.15 Å². The van der Waals surface area contributed by atoms with E-state index in [1.165, 1.54) is 11.1 Å². The van der Waals surface area contributed by atoms with Gasteiger partial charge in [0.05, 0.1) is 0 Å². The zero-order valence-corrected chi connectivity index (χ0v) is 12.5. The molecule has 0 atom stereocenters. The molecule has 1 aromatic carbocycles. The van der Waals surface area contributed by atoms with E-state index in [1.54, 1.807) is 0 Å². The molecule has 0 spiro atoms. The van der Waals surface area contributed by atoms with E-state index in [1.807, 2.05) is 19.9 Å². The van der Waals surface area contributed by atoms with Gasteiger partial charge < -0.3 is 5.32 Å². The topological polar surface area (TPSA) is 37.8 Å². The first kappa shape index (κ1) is 13.8. The number of anilines is 2. The molecular formula is C15H18ClN3. The number of hydrogen-bond acceptors (Lipinski definition) is 3. The first-order chi connectivity index (χ1) is 9.01. The molecular weight excluding hydrogens is 258 g/mol. The molecule has 2 aromatic rings. The minimum atomic E-state index is 0.512. The summed E-state index contributed by atoms with van der Waals surface area (Å²) in [6, 6.07) is 6.25. The van der Waals surface area contributed by atoms with Crippen LogP contribution in [0.4, 0.5) is 11.5 Å². The number of nitrogens with zero attached hydrogens (tertiary/aromatic N) is 2. The van der Waals surface area contributed by atoms with Gasteiger partial charge in [-0.25, -0.2) is 9.97 Å². The SMILES string of the molecule is CCc1nc(Cl)c(C)c(Nc2ccc(C)c(C)c2)n1. The summed E-state index contributed by atoms with van der Waals surface area (Å²) in [6.07, 6.45) is 0.765. The summed E-state index contributed by atoms with van der Waals surface area (Å²) in [5.41, 5.74) is 4.41. The Hall–Kier alpha value is -1.61. The molecule has 0 aliphatic heterocycles. The van der Waals surface area contributed by atoms with Gasteiger partial charge in [-0.15, -0.1) is 0 Å². The standard InChI is InChI=1S/C15H18ClN3/c1-5-13-18-14(16)11(4)15(19-13)17-12-7-6-9(2)10(3)8-12/h6-8H,5H2,1-4H3,(H,17,18,19). The molecule has 19 heavy (non-hydrogen) atoms. The van der Waals surface area contributed by atoms with Gasteiger partial charge in [0.15, 0.2) is 0 Å². The van der Waals surface area contributed by atoms with Gasteiger partial charge in [-0.05, 0) is 44.0 Å². The molecule has 4 heteroatoms. The first-order valence-electron chi connectivity index (χ1n) is 6.38. The molecule has 0 radical (unpaired) electrons. The van der Waals surface area contributed by atoms with Crippen molar-refractivity contribution in [3.8, 4) is 0 Å². The maximum absolute atomic E-state index is 6.13. The number of benzene rings is 1. The minimum Gasteiger partial charge on any atom is -0.340 e. The van der Waals surface area contributed by atoms with Crippen LogP contribution in [0.25, 0.3) is 0 Å². The summed E-state index contributed by atoms with van der Waals surface area (Å²) in [5, 5.41) is 3.83. The van der Waals surface area contributed by atoms with Crippen LogP contribution in [0.3, 0.4) is 0 Å². The van der Waals surface area contributed by atoms with Crippen LogP contribution in [0.5, 0.6) is 0 Å². The lowest BCUT2D eigenvalue weighted by Gasteiger charge is -2.12. The Kier molecular flexibility index (Phi) is 4.05. The van der Waals surface area contributed by atoms with E-state index < -0.39 is 0 Å². The van der Waals surface area contributed by atoms with E-state index in [2.05, 4.69) is 41.3 Å². The number of hydrogen-bond donors (Lipinski definition) is 1. The Morgan fingerprint density at radius 2 is 1.84 bits per heavy atom. The lowest BCUT2D eigenvalue weighted by atomic mass is 10.1. The van der Waals surface area contributed by atoms with Crippen molar-refractivity contribution in [3.05, 3.63) is 45.9 Å². The Morgan fingerprint density at radius 1 is 1.11 bits per heavy atom. The van der Waals surface area contributed by atoms with Crippen molar-refractivity contribution in [2.75, 3.05) is 5.32 Å². The molecule has 0 bridgehead atoms. The van der Waals surface area contributed by atoms with Crippen LogP contribution in [-0.4, -0.2) is 9.97 Å². The van der Waals surface area contributed by atoms with E-state index in [0.717, 1.165) is 29.3 Å². The van der Waals surface area contributed by atoms with Gasteiger partial charge in [0.25, 0.3) is 0 Å². The zero-order chi connectivity index (χ0) is 14.0. The fraction of sp³-hybridized carbons (Fsp3) is 0.333. The maximum Gasteiger partial charge on any atom is 0.138 e. The lowest BCUT2D eigenvalue weighted by Crippen LogP contribution is -2.03. The first-order valence-corrected chi connectivity index (χ1v) is 6.76. The van der Waals surface area contributed by atoms with Crippen molar-refractivity contribution in [1.29, 1.82) is 0 Å². The number of aromatic nitrogens is 2. The Balaban J connectivity index is 2.37. The highest BCUT2D eigenvalue weighted by molar-refractivity contribution is 6.30. The highest BCUT2D eigenvalue weighted by atomic mass is 35.5. The Labute approximate surface area is 119 Å². The molecule has 0 aliphatic carbocycles. The molecule has 0 unspecified atom stereocenters. The fourth-order valence-electron chi connectivity index (χ4n) is 1.77. The molecule has 1 heterocycles. The van der Waals surface area contributed by atoms with Crippen molar-refractivity contribution in [2.24, 2.45) is 0 Å². The van der Waals surface area contributed by atoms with Crippen LogP contribution >= 0.6 is 11.6 Å². The van der Waals surface area contributed by atoms with Gasteiger partial charge in [-0.2, -0.15) is 0 Å². The molecule has 100 valence electrons. The third-order valence-corrected chi connectivity index (χ3v) is 3.59. The predicted octanol–water partition coefficient (Wildman–Crippen LogP) is 4.36. The minimum absolute atomic E-state index is 0.512. The summed E-state index contributed by atoms with van der Waals surface area (Å²) < 4.78 is 0. The van der Waals surface area contributed by atoms with Gasteiger partial charge >= 0.3 is 0 Å². The fourth-order valence-corrected chi connectivity index (χ4v) is 1.96. The van der Waals surface area contributed by atoms with Crippen LogP contribution < -0.4 is 5.32 Å². The van der Waals surface area contributed by atoms with Crippen molar-refractivity contribution >= 4 is 23.1 Å². The molecule has 0 fully saturated rings. The largest absolute Gasteiger partial charge is 0.340 e. The molecule has 1 N–H and O–H groups in total. The van der Waals surface area contributed by atoms with Crippen LogP contribution in [0, 0.1) is 20.8 Å². The second-order valence-corrected chi connectivity index (χ2v) is 5.04. The summed E-state index contributed by atoms with van der Waals surface area (Å²) in [7, 11) is 0. The predicted molar refractivity (Wildman–Crippen MR) is 80.4 cm³/mol. The second kappa shape index (κ2) is 5.57. The molecule has 2 rings (SSSR count). The smallest absolute Gasteiger partial charge is 0.138 e.